The van der Waals surface area contributed by atoms with Gasteiger partial charge in [-0.05, 0) is 42.0 Å². The lowest BCUT2D eigenvalue weighted by atomic mass is 10.1. The Kier molecular flexibility index (Phi) is 4.06. The third-order valence-corrected chi connectivity index (χ3v) is 5.62. The molecule has 3 aromatic heterocycles. The van der Waals surface area contributed by atoms with E-state index in [1.807, 2.05) is 24.1 Å². The minimum Gasteiger partial charge on any atom is -0.344 e. The van der Waals surface area contributed by atoms with Gasteiger partial charge in [0.1, 0.15) is 0 Å². The quantitative estimate of drug-likeness (QED) is 0.337. The van der Waals surface area contributed by atoms with Gasteiger partial charge in [-0.2, -0.15) is 5.10 Å². The molecule has 3 aromatic carbocycles. The number of nitrogens with zero attached hydrogens (tertiary/aromatic N) is 4. The number of rotatable bonds is 0. The largest absolute Gasteiger partial charge is 0.344 e. The molecule has 0 saturated carbocycles. The molecular formula is C25H22N4. The molecule has 0 aliphatic rings. The third kappa shape index (κ3) is 2.85. The van der Waals surface area contributed by atoms with E-state index in [1.54, 1.807) is 0 Å². The average Bonchev–Trinajstić information content (AvgIpc) is 3.21. The normalized spacial score (nSPS) is 11.3. The smallest absolute Gasteiger partial charge is 0.0688 e. The van der Waals surface area contributed by atoms with Crippen LogP contribution in [0.25, 0.3) is 43.5 Å². The van der Waals surface area contributed by atoms with Crippen molar-refractivity contribution in [2.45, 2.75) is 6.92 Å². The van der Waals surface area contributed by atoms with Crippen LogP contribution >= 0.6 is 0 Å². The van der Waals surface area contributed by atoms with Crippen molar-refractivity contribution in [3.63, 3.8) is 0 Å². The molecule has 0 unspecified atom stereocenters. The predicted octanol–water partition coefficient (Wildman–Crippen LogP) is 5.76. The minimum atomic E-state index is 1.10. The average molecular weight is 378 g/mol. The molecule has 0 N–H and O–H groups in total. The molecule has 29 heavy (non-hydrogen) atoms. The second-order valence-electron chi connectivity index (χ2n) is 7.39. The van der Waals surface area contributed by atoms with Crippen LogP contribution in [0.1, 0.15) is 5.69 Å². The van der Waals surface area contributed by atoms with E-state index in [2.05, 4.69) is 95.4 Å². The predicted molar refractivity (Wildman–Crippen MR) is 121 cm³/mol. The fraction of sp³-hybridized carbons (Fsp3) is 0.120. The Morgan fingerprint density at radius 2 is 1.38 bits per heavy atom. The fourth-order valence-corrected chi connectivity index (χ4v) is 4.13. The van der Waals surface area contributed by atoms with Crippen LogP contribution in [0.15, 0.2) is 79.1 Å². The topological polar surface area (TPSA) is 35.6 Å². The van der Waals surface area contributed by atoms with Crippen LogP contribution < -0.4 is 0 Å². The Morgan fingerprint density at radius 3 is 2.21 bits per heavy atom. The summed E-state index contributed by atoms with van der Waals surface area (Å²) >= 11 is 0. The molecule has 0 bridgehead atoms. The van der Waals surface area contributed by atoms with Crippen molar-refractivity contribution in [3.8, 4) is 0 Å². The van der Waals surface area contributed by atoms with Crippen LogP contribution in [0.3, 0.4) is 0 Å². The fourth-order valence-electron chi connectivity index (χ4n) is 4.13. The van der Waals surface area contributed by atoms with E-state index in [4.69, 9.17) is 0 Å². The van der Waals surface area contributed by atoms with Gasteiger partial charge >= 0.3 is 0 Å². The van der Waals surface area contributed by atoms with Gasteiger partial charge in [0.05, 0.1) is 16.7 Å². The first-order valence-corrected chi connectivity index (χ1v) is 9.73. The zero-order chi connectivity index (χ0) is 20.0. The SMILES string of the molecule is Cc1nn(C)c2cc3ccccc3cc12.Cn1c2ccccc2c2cnccc21. The van der Waals surface area contributed by atoms with Crippen LogP contribution in [0.4, 0.5) is 0 Å². The molecule has 0 aliphatic heterocycles. The van der Waals surface area contributed by atoms with E-state index in [1.165, 1.54) is 43.5 Å². The van der Waals surface area contributed by atoms with Crippen LogP contribution in [0.2, 0.25) is 0 Å². The summed E-state index contributed by atoms with van der Waals surface area (Å²) < 4.78 is 4.14. The van der Waals surface area contributed by atoms with E-state index in [-0.39, 0.29) is 0 Å². The van der Waals surface area contributed by atoms with Crippen LogP contribution in [-0.4, -0.2) is 19.3 Å². The van der Waals surface area contributed by atoms with Crippen molar-refractivity contribution in [1.29, 1.82) is 0 Å². The number of para-hydroxylation sites is 1. The molecule has 6 rings (SSSR count). The van der Waals surface area contributed by atoms with Crippen LogP contribution in [0, 0.1) is 6.92 Å². The highest BCUT2D eigenvalue weighted by atomic mass is 15.3. The summed E-state index contributed by atoms with van der Waals surface area (Å²) in [4.78, 5) is 4.16. The summed E-state index contributed by atoms with van der Waals surface area (Å²) in [5.41, 5.74) is 4.79. The van der Waals surface area contributed by atoms with Gasteiger partial charge < -0.3 is 4.57 Å². The molecule has 0 fully saturated rings. The van der Waals surface area contributed by atoms with Gasteiger partial charge in [0.15, 0.2) is 0 Å². The van der Waals surface area contributed by atoms with Gasteiger partial charge in [0.2, 0.25) is 0 Å². The molecule has 0 saturated heterocycles. The van der Waals surface area contributed by atoms with Gasteiger partial charge in [-0.3, -0.25) is 9.67 Å². The molecule has 0 aliphatic carbocycles. The van der Waals surface area contributed by atoms with E-state index in [9.17, 15) is 0 Å². The molecule has 0 radical (unpaired) electrons. The molecule has 4 heteroatoms. The minimum absolute atomic E-state index is 1.10. The van der Waals surface area contributed by atoms with Gasteiger partial charge in [-0.25, -0.2) is 0 Å². The summed E-state index contributed by atoms with van der Waals surface area (Å²) in [5, 5.41) is 10.7. The van der Waals surface area contributed by atoms with E-state index < -0.39 is 0 Å². The number of aromatic nitrogens is 4. The number of hydrogen-bond acceptors (Lipinski definition) is 2. The molecule has 0 atom stereocenters. The molecular weight excluding hydrogens is 356 g/mol. The lowest BCUT2D eigenvalue weighted by molar-refractivity contribution is 0.783. The molecule has 142 valence electrons. The zero-order valence-electron chi connectivity index (χ0n) is 16.8. The van der Waals surface area contributed by atoms with Crippen molar-refractivity contribution >= 4 is 43.5 Å². The maximum atomic E-state index is 4.43. The lowest BCUT2D eigenvalue weighted by Crippen LogP contribution is -1.89. The molecule has 0 amide bonds. The maximum Gasteiger partial charge on any atom is 0.0688 e. The summed E-state index contributed by atoms with van der Waals surface area (Å²) in [5.74, 6) is 0. The standard InChI is InChI=1S/C13H12N2.C12H10N2/c1-9-12-7-10-5-3-4-6-11(10)8-13(12)15(2)14-9;1-14-11-5-3-2-4-9(11)10-8-13-7-6-12(10)14/h3-8H,1-2H3;2-8H,1H3. The second kappa shape index (κ2) is 6.74. The summed E-state index contributed by atoms with van der Waals surface area (Å²) in [7, 11) is 4.08. The van der Waals surface area contributed by atoms with E-state index in [0.717, 1.165) is 5.69 Å². The van der Waals surface area contributed by atoms with E-state index >= 15 is 0 Å². The van der Waals surface area contributed by atoms with Crippen LogP contribution in [-0.2, 0) is 14.1 Å². The zero-order valence-corrected chi connectivity index (χ0v) is 16.8. The van der Waals surface area contributed by atoms with Gasteiger partial charge in [-0.1, -0.05) is 42.5 Å². The third-order valence-electron chi connectivity index (χ3n) is 5.62. The van der Waals surface area contributed by atoms with Gasteiger partial charge in [0, 0.05) is 48.2 Å². The van der Waals surface area contributed by atoms with Crippen molar-refractivity contribution in [1.82, 2.24) is 19.3 Å². The summed E-state index contributed by atoms with van der Waals surface area (Å²) in [6.45, 7) is 2.05. The highest BCUT2D eigenvalue weighted by Gasteiger charge is 2.06. The first kappa shape index (κ1) is 17.4. The Morgan fingerprint density at radius 1 is 0.690 bits per heavy atom. The summed E-state index contributed by atoms with van der Waals surface area (Å²) in [6.07, 6.45) is 3.76. The van der Waals surface area contributed by atoms with E-state index in [0.29, 0.717) is 0 Å². The Bertz CT molecular complexity index is 1380. The van der Waals surface area contributed by atoms with Crippen LogP contribution in [0.5, 0.6) is 0 Å². The Labute approximate surface area is 169 Å². The molecule has 3 heterocycles. The Balaban J connectivity index is 0.000000125. The highest BCUT2D eigenvalue weighted by molar-refractivity contribution is 6.07. The van der Waals surface area contributed by atoms with Crippen molar-refractivity contribution in [2.75, 3.05) is 0 Å². The summed E-state index contributed by atoms with van der Waals surface area (Å²) in [6, 6.07) is 23.3. The number of benzene rings is 3. The lowest BCUT2D eigenvalue weighted by Gasteiger charge is -1.99. The monoisotopic (exact) mass is 378 g/mol. The number of hydrogen-bond donors (Lipinski definition) is 0. The maximum absolute atomic E-state index is 4.43. The van der Waals surface area contributed by atoms with Gasteiger partial charge in [0.25, 0.3) is 0 Å². The highest BCUT2D eigenvalue weighted by Crippen LogP contribution is 2.26. The number of fused-ring (bicyclic) bond motifs is 5. The molecule has 6 aromatic rings. The van der Waals surface area contributed by atoms with Crippen molar-refractivity contribution in [2.24, 2.45) is 14.1 Å². The first-order valence-electron chi connectivity index (χ1n) is 9.73. The van der Waals surface area contributed by atoms with Gasteiger partial charge in [-0.15, -0.1) is 0 Å². The number of aryl methyl sites for hydroxylation is 3. The van der Waals surface area contributed by atoms with Crippen molar-refractivity contribution in [3.05, 3.63) is 84.8 Å². The number of pyridine rings is 1. The Hall–Kier alpha value is -3.66. The molecule has 0 spiro atoms. The first-order chi connectivity index (χ1) is 14.1. The molecule has 4 nitrogen and oxygen atoms in total. The second-order valence-corrected chi connectivity index (χ2v) is 7.39. The van der Waals surface area contributed by atoms with Crippen molar-refractivity contribution < 1.29 is 0 Å².